The van der Waals surface area contributed by atoms with E-state index in [4.69, 9.17) is 0 Å². The van der Waals surface area contributed by atoms with Gasteiger partial charge in [-0.3, -0.25) is 4.79 Å². The number of hydrogen-bond donors (Lipinski definition) is 0. The van der Waals surface area contributed by atoms with Crippen molar-refractivity contribution in [3.05, 3.63) is 29.8 Å². The van der Waals surface area contributed by atoms with Gasteiger partial charge in [-0.2, -0.15) is 17.6 Å². The van der Waals surface area contributed by atoms with Crippen LogP contribution in [0.15, 0.2) is 24.3 Å². The molecule has 0 unspecified atom stereocenters. The maximum absolute atomic E-state index is 12.7. The lowest BCUT2D eigenvalue weighted by molar-refractivity contribution is -0.253. The zero-order valence-corrected chi connectivity index (χ0v) is 9.91. The Morgan fingerprint density at radius 3 is 2.53 bits per heavy atom. The monoisotopic (exact) mass is 276 g/mol. The van der Waals surface area contributed by atoms with Gasteiger partial charge in [0, 0.05) is 11.5 Å². The molecule has 2 nitrogen and oxygen atoms in total. The number of carbonyl (C=O) groups excluding carboxylic acids is 1. The quantitative estimate of drug-likeness (QED) is 0.602. The topological polar surface area (TPSA) is 26.3 Å². The van der Waals surface area contributed by atoms with Crippen LogP contribution in [0, 0.1) is 5.92 Å². The Morgan fingerprint density at radius 1 is 1.32 bits per heavy atom. The fraction of sp³-hybridized carbons (Fsp3) is 0.462. The SMILES string of the molecule is O=C(c1cccc(OC(F)(F)C(F)F)c1)C1CCC1. The first-order chi connectivity index (χ1) is 8.90. The zero-order chi connectivity index (χ0) is 14.0. The lowest BCUT2D eigenvalue weighted by atomic mass is 9.80. The number of alkyl halides is 4. The molecule has 0 heterocycles. The van der Waals surface area contributed by atoms with Crippen LogP contribution in [0.3, 0.4) is 0 Å². The van der Waals surface area contributed by atoms with Crippen molar-refractivity contribution in [2.45, 2.75) is 31.8 Å². The molecule has 1 aliphatic rings. The summed E-state index contributed by atoms with van der Waals surface area (Å²) in [6.07, 6.45) is -5.96. The van der Waals surface area contributed by atoms with Gasteiger partial charge < -0.3 is 4.74 Å². The van der Waals surface area contributed by atoms with E-state index in [1.807, 2.05) is 0 Å². The number of benzene rings is 1. The number of carbonyl (C=O) groups is 1. The van der Waals surface area contributed by atoms with Gasteiger partial charge in [-0.05, 0) is 25.0 Å². The van der Waals surface area contributed by atoms with Crippen LogP contribution in [0.5, 0.6) is 5.75 Å². The van der Waals surface area contributed by atoms with Crippen molar-refractivity contribution in [2.24, 2.45) is 5.92 Å². The van der Waals surface area contributed by atoms with Crippen molar-refractivity contribution in [1.29, 1.82) is 0 Å². The normalized spacial score (nSPS) is 16.3. The summed E-state index contributed by atoms with van der Waals surface area (Å²) in [7, 11) is 0. The first-order valence-corrected chi connectivity index (χ1v) is 5.89. The molecular formula is C13H12F4O2. The number of ether oxygens (including phenoxy) is 1. The summed E-state index contributed by atoms with van der Waals surface area (Å²) in [6.45, 7) is 0. The lowest BCUT2D eigenvalue weighted by Crippen LogP contribution is -2.33. The van der Waals surface area contributed by atoms with Crippen molar-refractivity contribution in [3.63, 3.8) is 0 Å². The summed E-state index contributed by atoms with van der Waals surface area (Å²) in [5, 5.41) is 0. The molecule has 0 atom stereocenters. The van der Waals surface area contributed by atoms with Gasteiger partial charge in [-0.15, -0.1) is 0 Å². The number of ketones is 1. The molecule has 19 heavy (non-hydrogen) atoms. The predicted octanol–water partition coefficient (Wildman–Crippen LogP) is 3.91. The van der Waals surface area contributed by atoms with Gasteiger partial charge in [0.1, 0.15) is 5.75 Å². The smallest absolute Gasteiger partial charge is 0.428 e. The van der Waals surface area contributed by atoms with E-state index in [0.717, 1.165) is 31.4 Å². The summed E-state index contributed by atoms with van der Waals surface area (Å²) < 4.78 is 53.5. The number of hydrogen-bond acceptors (Lipinski definition) is 2. The molecule has 1 aromatic carbocycles. The molecule has 0 N–H and O–H groups in total. The number of halogens is 4. The summed E-state index contributed by atoms with van der Waals surface area (Å²) >= 11 is 0. The lowest BCUT2D eigenvalue weighted by Gasteiger charge is -2.24. The molecule has 6 heteroatoms. The van der Waals surface area contributed by atoms with Crippen molar-refractivity contribution in [3.8, 4) is 5.75 Å². The van der Waals surface area contributed by atoms with Crippen molar-refractivity contribution in [2.75, 3.05) is 0 Å². The Morgan fingerprint density at radius 2 is 2.00 bits per heavy atom. The van der Waals surface area contributed by atoms with Crippen LogP contribution in [-0.4, -0.2) is 18.3 Å². The van der Waals surface area contributed by atoms with Gasteiger partial charge in [-0.1, -0.05) is 18.6 Å². The molecule has 104 valence electrons. The fourth-order valence-electron chi connectivity index (χ4n) is 1.82. The standard InChI is InChI=1S/C13H12F4O2/c14-12(15)13(16,17)19-10-6-2-5-9(7-10)11(18)8-3-1-4-8/h2,5-8,12H,1,3-4H2. The molecule has 0 bridgehead atoms. The summed E-state index contributed by atoms with van der Waals surface area (Å²) in [4.78, 5) is 11.9. The van der Waals surface area contributed by atoms with Crippen LogP contribution in [0.2, 0.25) is 0 Å². The van der Waals surface area contributed by atoms with Crippen LogP contribution in [0.4, 0.5) is 17.6 Å². The minimum absolute atomic E-state index is 0.0918. The van der Waals surface area contributed by atoms with E-state index in [2.05, 4.69) is 4.74 Å². The molecular weight excluding hydrogens is 264 g/mol. The molecule has 1 aromatic rings. The van der Waals surface area contributed by atoms with E-state index in [0.29, 0.717) is 0 Å². The Hall–Kier alpha value is -1.59. The average molecular weight is 276 g/mol. The molecule has 1 aliphatic carbocycles. The first-order valence-electron chi connectivity index (χ1n) is 5.89. The van der Waals surface area contributed by atoms with E-state index >= 15 is 0 Å². The maximum Gasteiger partial charge on any atom is 0.461 e. The third-order valence-corrected chi connectivity index (χ3v) is 3.10. The second kappa shape index (κ2) is 5.19. The van der Waals surface area contributed by atoms with E-state index in [1.165, 1.54) is 12.1 Å². The van der Waals surface area contributed by atoms with Crippen molar-refractivity contribution < 1.29 is 27.1 Å². The Kier molecular flexibility index (Phi) is 3.78. The van der Waals surface area contributed by atoms with Gasteiger partial charge in [0.15, 0.2) is 5.78 Å². The highest BCUT2D eigenvalue weighted by Gasteiger charge is 2.44. The van der Waals surface area contributed by atoms with Crippen LogP contribution >= 0.6 is 0 Å². The van der Waals surface area contributed by atoms with Crippen LogP contribution in [0.25, 0.3) is 0 Å². The highest BCUT2D eigenvalue weighted by molar-refractivity contribution is 5.98. The molecule has 1 fully saturated rings. The summed E-state index contributed by atoms with van der Waals surface area (Å²) in [5.41, 5.74) is 0.215. The Balaban J connectivity index is 2.13. The maximum atomic E-state index is 12.7. The fourth-order valence-corrected chi connectivity index (χ4v) is 1.82. The minimum Gasteiger partial charge on any atom is -0.428 e. The van der Waals surface area contributed by atoms with Crippen LogP contribution in [-0.2, 0) is 0 Å². The van der Waals surface area contributed by atoms with E-state index in [-0.39, 0.29) is 17.3 Å². The van der Waals surface area contributed by atoms with Gasteiger partial charge in [0.25, 0.3) is 0 Å². The van der Waals surface area contributed by atoms with Crippen molar-refractivity contribution in [1.82, 2.24) is 0 Å². The van der Waals surface area contributed by atoms with Gasteiger partial charge in [-0.25, -0.2) is 0 Å². The molecule has 0 amide bonds. The summed E-state index contributed by atoms with van der Waals surface area (Å²) in [5.74, 6) is -0.682. The third-order valence-electron chi connectivity index (χ3n) is 3.10. The zero-order valence-electron chi connectivity index (χ0n) is 9.91. The number of rotatable bonds is 5. The van der Waals surface area contributed by atoms with Gasteiger partial charge >= 0.3 is 12.5 Å². The van der Waals surface area contributed by atoms with Crippen LogP contribution in [0.1, 0.15) is 29.6 Å². The Bertz CT molecular complexity index is 469. The Labute approximate surface area is 107 Å². The van der Waals surface area contributed by atoms with E-state index < -0.39 is 18.3 Å². The number of Topliss-reactive ketones (excluding diaryl/α,β-unsaturated/α-hetero) is 1. The second-order valence-corrected chi connectivity index (χ2v) is 4.48. The predicted molar refractivity (Wildman–Crippen MR) is 59.7 cm³/mol. The highest BCUT2D eigenvalue weighted by atomic mass is 19.3. The van der Waals surface area contributed by atoms with E-state index in [9.17, 15) is 22.4 Å². The minimum atomic E-state index is -4.56. The van der Waals surface area contributed by atoms with Crippen molar-refractivity contribution >= 4 is 5.78 Å². The van der Waals surface area contributed by atoms with E-state index in [1.54, 1.807) is 0 Å². The molecule has 0 spiro atoms. The third kappa shape index (κ3) is 3.05. The second-order valence-electron chi connectivity index (χ2n) is 4.48. The molecule has 0 saturated heterocycles. The molecule has 2 rings (SSSR count). The largest absolute Gasteiger partial charge is 0.461 e. The average Bonchev–Trinajstić information content (AvgIpc) is 2.26. The molecule has 0 aromatic heterocycles. The highest BCUT2D eigenvalue weighted by Crippen LogP contribution is 2.32. The van der Waals surface area contributed by atoms with Crippen LogP contribution < -0.4 is 4.74 Å². The molecule has 0 aliphatic heterocycles. The molecule has 0 radical (unpaired) electrons. The summed E-state index contributed by atoms with van der Waals surface area (Å²) in [6, 6.07) is 5.00. The van der Waals surface area contributed by atoms with Gasteiger partial charge in [0.2, 0.25) is 0 Å². The molecule has 1 saturated carbocycles. The first kappa shape index (κ1) is 13.8. The van der Waals surface area contributed by atoms with Gasteiger partial charge in [0.05, 0.1) is 0 Å².